The number of rotatable bonds is 63. The molecule has 0 amide bonds. The Bertz CT molecular complexity index is 1150. The van der Waals surface area contributed by atoms with Crippen LogP contribution in [0.15, 0.2) is 12.2 Å². The van der Waals surface area contributed by atoms with E-state index in [0.29, 0.717) is 19.3 Å². The molecule has 6 heteroatoms. The quantitative estimate of drug-likeness (QED) is 0.0261. The maximum Gasteiger partial charge on any atom is 0.306 e. The molecule has 0 aromatic rings. The number of esters is 3. The van der Waals surface area contributed by atoms with Gasteiger partial charge in [0.15, 0.2) is 6.10 Å². The standard InChI is InChI=1S/C68H130O6/c1-4-7-10-13-16-19-21-23-25-27-29-31-32-33-34-35-37-38-40-42-44-46-49-52-55-58-61-67(70)73-64-65(63-72-66(69)60-57-54-51-48-18-15-12-9-6-3)74-68(71)62-59-56-53-50-47-45-43-41-39-36-30-28-26-24-22-20-17-14-11-8-5-2/h28,30,65H,4-27,29,31-64H2,1-3H3/b30-28-. The molecule has 0 aliphatic rings. The van der Waals surface area contributed by atoms with Gasteiger partial charge in [0.2, 0.25) is 0 Å². The summed E-state index contributed by atoms with van der Waals surface area (Å²) >= 11 is 0. The molecule has 1 unspecified atom stereocenters. The van der Waals surface area contributed by atoms with Gasteiger partial charge in [-0.2, -0.15) is 0 Å². The predicted molar refractivity (Wildman–Crippen MR) is 321 cm³/mol. The van der Waals surface area contributed by atoms with Crippen LogP contribution in [0.5, 0.6) is 0 Å². The molecule has 0 aliphatic heterocycles. The molecule has 0 aromatic carbocycles. The van der Waals surface area contributed by atoms with Gasteiger partial charge in [0.05, 0.1) is 0 Å². The van der Waals surface area contributed by atoms with E-state index >= 15 is 0 Å². The van der Waals surface area contributed by atoms with Crippen LogP contribution in [0.4, 0.5) is 0 Å². The molecule has 0 radical (unpaired) electrons. The van der Waals surface area contributed by atoms with Gasteiger partial charge in [-0.3, -0.25) is 14.4 Å². The van der Waals surface area contributed by atoms with Crippen LogP contribution in [-0.2, 0) is 28.6 Å². The van der Waals surface area contributed by atoms with E-state index < -0.39 is 6.10 Å². The van der Waals surface area contributed by atoms with Gasteiger partial charge in [-0.05, 0) is 44.9 Å². The van der Waals surface area contributed by atoms with Crippen molar-refractivity contribution in [3.63, 3.8) is 0 Å². The Balaban J connectivity index is 4.11. The van der Waals surface area contributed by atoms with Crippen molar-refractivity contribution in [1.82, 2.24) is 0 Å². The van der Waals surface area contributed by atoms with Crippen molar-refractivity contribution in [2.24, 2.45) is 0 Å². The zero-order chi connectivity index (χ0) is 53.6. The van der Waals surface area contributed by atoms with E-state index in [1.807, 2.05) is 0 Å². The van der Waals surface area contributed by atoms with E-state index in [2.05, 4.69) is 32.9 Å². The van der Waals surface area contributed by atoms with Gasteiger partial charge in [0, 0.05) is 19.3 Å². The summed E-state index contributed by atoms with van der Waals surface area (Å²) in [5.41, 5.74) is 0. The van der Waals surface area contributed by atoms with Crippen LogP contribution in [0.3, 0.4) is 0 Å². The minimum absolute atomic E-state index is 0.0645. The van der Waals surface area contributed by atoms with Crippen molar-refractivity contribution >= 4 is 17.9 Å². The van der Waals surface area contributed by atoms with Gasteiger partial charge >= 0.3 is 17.9 Å². The first kappa shape index (κ1) is 72.2. The first-order valence-electron chi connectivity index (χ1n) is 33.7. The molecule has 0 spiro atoms. The predicted octanol–water partition coefficient (Wildman–Crippen LogP) is 22.8. The summed E-state index contributed by atoms with van der Waals surface area (Å²) < 4.78 is 16.9. The van der Waals surface area contributed by atoms with E-state index in [1.165, 1.54) is 289 Å². The van der Waals surface area contributed by atoms with E-state index in [0.717, 1.165) is 57.8 Å². The van der Waals surface area contributed by atoms with Crippen LogP contribution in [-0.4, -0.2) is 37.2 Å². The molecule has 1 atom stereocenters. The summed E-state index contributed by atoms with van der Waals surface area (Å²) in [4.78, 5) is 38.2. The summed E-state index contributed by atoms with van der Waals surface area (Å²) in [7, 11) is 0. The first-order valence-corrected chi connectivity index (χ1v) is 33.7. The minimum Gasteiger partial charge on any atom is -0.462 e. The highest BCUT2D eigenvalue weighted by Crippen LogP contribution is 2.19. The number of carbonyl (C=O) groups is 3. The number of unbranched alkanes of at least 4 members (excludes halogenated alkanes) is 50. The zero-order valence-corrected chi connectivity index (χ0v) is 50.4. The van der Waals surface area contributed by atoms with E-state index in [9.17, 15) is 14.4 Å². The van der Waals surface area contributed by atoms with Crippen LogP contribution < -0.4 is 0 Å². The van der Waals surface area contributed by atoms with Crippen molar-refractivity contribution in [3.05, 3.63) is 12.2 Å². The molecule has 0 fully saturated rings. The lowest BCUT2D eigenvalue weighted by Crippen LogP contribution is -2.30. The number of hydrogen-bond donors (Lipinski definition) is 0. The second kappa shape index (κ2) is 63.7. The fourth-order valence-corrected chi connectivity index (χ4v) is 10.4. The molecule has 0 heterocycles. The van der Waals surface area contributed by atoms with Crippen molar-refractivity contribution < 1.29 is 28.6 Å². The molecule has 0 N–H and O–H groups in total. The third-order valence-corrected chi connectivity index (χ3v) is 15.5. The average molecular weight is 1040 g/mol. The largest absolute Gasteiger partial charge is 0.462 e. The summed E-state index contributed by atoms with van der Waals surface area (Å²) in [5, 5.41) is 0. The third kappa shape index (κ3) is 61.0. The fourth-order valence-electron chi connectivity index (χ4n) is 10.4. The van der Waals surface area contributed by atoms with Gasteiger partial charge < -0.3 is 14.2 Å². The molecular weight excluding hydrogens is 913 g/mol. The average Bonchev–Trinajstić information content (AvgIpc) is 3.40. The maximum atomic E-state index is 12.9. The number of allylic oxidation sites excluding steroid dienone is 2. The van der Waals surface area contributed by atoms with Crippen LogP contribution in [0.2, 0.25) is 0 Å². The van der Waals surface area contributed by atoms with E-state index in [4.69, 9.17) is 14.2 Å². The van der Waals surface area contributed by atoms with Crippen LogP contribution in [0.25, 0.3) is 0 Å². The second-order valence-electron chi connectivity index (χ2n) is 23.1. The number of ether oxygens (including phenoxy) is 3. The van der Waals surface area contributed by atoms with Gasteiger partial charge in [-0.25, -0.2) is 0 Å². The lowest BCUT2D eigenvalue weighted by atomic mass is 10.0. The van der Waals surface area contributed by atoms with Gasteiger partial charge in [-0.1, -0.05) is 335 Å². The molecule has 0 aromatic heterocycles. The molecule has 438 valence electrons. The highest BCUT2D eigenvalue weighted by molar-refractivity contribution is 5.71. The lowest BCUT2D eigenvalue weighted by Gasteiger charge is -2.18. The first-order chi connectivity index (χ1) is 36.5. The molecule has 0 saturated heterocycles. The van der Waals surface area contributed by atoms with Crippen molar-refractivity contribution in [2.75, 3.05) is 13.2 Å². The summed E-state index contributed by atoms with van der Waals surface area (Å²) in [6, 6.07) is 0. The molecule has 74 heavy (non-hydrogen) atoms. The summed E-state index contributed by atoms with van der Waals surface area (Å²) in [6.45, 7) is 6.70. The van der Waals surface area contributed by atoms with Crippen LogP contribution in [0.1, 0.15) is 387 Å². The van der Waals surface area contributed by atoms with Crippen LogP contribution in [0, 0.1) is 0 Å². The number of hydrogen-bond acceptors (Lipinski definition) is 6. The molecule has 6 nitrogen and oxygen atoms in total. The van der Waals surface area contributed by atoms with Gasteiger partial charge in [-0.15, -0.1) is 0 Å². The van der Waals surface area contributed by atoms with Crippen molar-refractivity contribution in [3.8, 4) is 0 Å². The third-order valence-electron chi connectivity index (χ3n) is 15.5. The van der Waals surface area contributed by atoms with E-state index in [-0.39, 0.29) is 31.1 Å². The summed E-state index contributed by atoms with van der Waals surface area (Å²) in [6.07, 6.45) is 75.3. The molecular formula is C68H130O6. The zero-order valence-electron chi connectivity index (χ0n) is 50.4. The number of carbonyl (C=O) groups excluding carboxylic acids is 3. The Hall–Kier alpha value is -1.85. The normalized spacial score (nSPS) is 12.0. The highest BCUT2D eigenvalue weighted by atomic mass is 16.6. The SMILES string of the molecule is CCCCCCCCCC/C=C\CCCCCCCCCCCC(=O)OC(COC(=O)CCCCCCCCCCC)COC(=O)CCCCCCCCCCCCCCCCCCCCCCCCCCCC. The fraction of sp³-hybridized carbons (Fsp3) is 0.926. The lowest BCUT2D eigenvalue weighted by molar-refractivity contribution is -0.167. The van der Waals surface area contributed by atoms with Gasteiger partial charge in [0.1, 0.15) is 13.2 Å². The highest BCUT2D eigenvalue weighted by Gasteiger charge is 2.19. The van der Waals surface area contributed by atoms with Crippen molar-refractivity contribution in [1.29, 1.82) is 0 Å². The van der Waals surface area contributed by atoms with Gasteiger partial charge in [0.25, 0.3) is 0 Å². The Labute approximate surface area is 462 Å². The molecule has 0 rings (SSSR count). The Kier molecular flexibility index (Phi) is 62.1. The minimum atomic E-state index is -0.766. The Morgan fingerprint density at radius 1 is 0.257 bits per heavy atom. The Morgan fingerprint density at radius 2 is 0.446 bits per heavy atom. The molecule has 0 aliphatic carbocycles. The molecule has 0 bridgehead atoms. The molecule has 0 saturated carbocycles. The topological polar surface area (TPSA) is 78.9 Å². The smallest absolute Gasteiger partial charge is 0.306 e. The maximum absolute atomic E-state index is 12.9. The monoisotopic (exact) mass is 1040 g/mol. The van der Waals surface area contributed by atoms with Crippen LogP contribution >= 0.6 is 0 Å². The summed E-state index contributed by atoms with van der Waals surface area (Å²) in [5.74, 6) is -0.840. The Morgan fingerprint density at radius 3 is 0.676 bits per heavy atom. The second-order valence-corrected chi connectivity index (χ2v) is 23.1. The van der Waals surface area contributed by atoms with E-state index in [1.54, 1.807) is 0 Å². The van der Waals surface area contributed by atoms with Crippen molar-refractivity contribution in [2.45, 2.75) is 393 Å².